The molecule has 0 amide bonds. The van der Waals surface area contributed by atoms with E-state index in [9.17, 15) is 4.39 Å². The zero-order chi connectivity index (χ0) is 15.1. The number of aromatic nitrogens is 3. The van der Waals surface area contributed by atoms with E-state index in [1.165, 1.54) is 5.57 Å². The van der Waals surface area contributed by atoms with Gasteiger partial charge in [-0.25, -0.2) is 14.1 Å². The van der Waals surface area contributed by atoms with Crippen molar-refractivity contribution in [3.63, 3.8) is 0 Å². The highest BCUT2D eigenvalue weighted by Crippen LogP contribution is 2.40. The van der Waals surface area contributed by atoms with Crippen molar-refractivity contribution in [3.8, 4) is 6.07 Å². The van der Waals surface area contributed by atoms with Crippen molar-refractivity contribution >= 4 is 6.08 Å². The number of halogens is 1. The molecule has 22 heavy (non-hydrogen) atoms. The van der Waals surface area contributed by atoms with Gasteiger partial charge in [0.25, 0.3) is 0 Å². The lowest BCUT2D eigenvalue weighted by Gasteiger charge is -2.22. The van der Waals surface area contributed by atoms with Gasteiger partial charge >= 0.3 is 0 Å². The van der Waals surface area contributed by atoms with Crippen LogP contribution in [0.4, 0.5) is 4.39 Å². The van der Waals surface area contributed by atoms with Crippen molar-refractivity contribution in [1.29, 1.82) is 5.26 Å². The summed E-state index contributed by atoms with van der Waals surface area (Å²) in [7, 11) is 0. The quantitative estimate of drug-likeness (QED) is 0.850. The van der Waals surface area contributed by atoms with Gasteiger partial charge in [-0.3, -0.25) is 0 Å². The highest BCUT2D eigenvalue weighted by Gasteiger charge is 2.35. The molecule has 0 radical (unpaired) electrons. The molecule has 1 aromatic carbocycles. The Bertz CT molecular complexity index is 764. The first-order valence-electron chi connectivity index (χ1n) is 7.49. The second-order valence-electron chi connectivity index (χ2n) is 5.94. The molecule has 2 aliphatic rings. The first kappa shape index (κ1) is 13.2. The van der Waals surface area contributed by atoms with Gasteiger partial charge in [-0.2, -0.15) is 10.4 Å². The van der Waals surface area contributed by atoms with E-state index in [0.717, 1.165) is 18.4 Å². The summed E-state index contributed by atoms with van der Waals surface area (Å²) in [4.78, 5) is 4.34. The summed E-state index contributed by atoms with van der Waals surface area (Å²) in [5.74, 6) is 1.09. The number of benzene rings is 1. The Hall–Kier alpha value is -2.48. The van der Waals surface area contributed by atoms with E-state index in [0.29, 0.717) is 18.1 Å². The topological polar surface area (TPSA) is 54.5 Å². The van der Waals surface area contributed by atoms with E-state index in [1.807, 2.05) is 36.4 Å². The number of alkyl halides is 1. The van der Waals surface area contributed by atoms with Crippen LogP contribution in [-0.4, -0.2) is 14.8 Å². The van der Waals surface area contributed by atoms with Gasteiger partial charge in [0.1, 0.15) is 0 Å². The van der Waals surface area contributed by atoms with Gasteiger partial charge in [0.2, 0.25) is 0 Å². The third-order valence-electron chi connectivity index (χ3n) is 4.40. The van der Waals surface area contributed by atoms with Gasteiger partial charge < -0.3 is 0 Å². The summed E-state index contributed by atoms with van der Waals surface area (Å²) in [6.07, 6.45) is 2.78. The molecule has 1 aliphatic heterocycles. The lowest BCUT2D eigenvalue weighted by atomic mass is 9.81. The molecule has 1 aromatic heterocycles. The first-order valence-corrected chi connectivity index (χ1v) is 7.49. The Morgan fingerprint density at radius 3 is 2.77 bits per heavy atom. The number of nitrogens with zero attached hydrogens (tertiary/aromatic N) is 4. The van der Waals surface area contributed by atoms with E-state index < -0.39 is 6.17 Å². The van der Waals surface area contributed by atoms with Gasteiger partial charge in [-0.15, -0.1) is 0 Å². The molecule has 1 saturated carbocycles. The molecule has 5 heteroatoms. The predicted octanol–water partition coefficient (Wildman–Crippen LogP) is 3.60. The first-order chi connectivity index (χ1) is 10.7. The van der Waals surface area contributed by atoms with Crippen molar-refractivity contribution in [2.75, 3.05) is 0 Å². The van der Waals surface area contributed by atoms with Gasteiger partial charge in [-0.1, -0.05) is 35.9 Å². The smallest absolute Gasteiger partial charge is 0.174 e. The third kappa shape index (κ3) is 2.12. The van der Waals surface area contributed by atoms with Gasteiger partial charge in [-0.05, 0) is 24.5 Å². The van der Waals surface area contributed by atoms with Gasteiger partial charge in [0.15, 0.2) is 17.8 Å². The average Bonchev–Trinajstić information content (AvgIpc) is 3.04. The Labute approximate surface area is 127 Å². The number of fused-ring (bicyclic) bond motifs is 1. The summed E-state index contributed by atoms with van der Waals surface area (Å²) >= 11 is 0. The van der Waals surface area contributed by atoms with Crippen molar-refractivity contribution in [1.82, 2.24) is 14.8 Å². The molecule has 0 unspecified atom stereocenters. The summed E-state index contributed by atoms with van der Waals surface area (Å²) in [6.45, 7) is 0. The zero-order valence-corrected chi connectivity index (χ0v) is 12.0. The lowest BCUT2D eigenvalue weighted by Crippen LogP contribution is -2.12. The summed E-state index contributed by atoms with van der Waals surface area (Å²) < 4.78 is 15.9. The number of nitriles is 1. The minimum atomic E-state index is -1.07. The second kappa shape index (κ2) is 5.06. The average molecular weight is 294 g/mol. The number of hydrogen-bond donors (Lipinski definition) is 0. The van der Waals surface area contributed by atoms with E-state index in [1.54, 1.807) is 4.68 Å². The van der Waals surface area contributed by atoms with Crippen LogP contribution in [0.1, 0.15) is 48.7 Å². The minimum absolute atomic E-state index is 0.0842. The Kier molecular flexibility index (Phi) is 3.04. The Morgan fingerprint density at radius 2 is 2.05 bits per heavy atom. The maximum Gasteiger partial charge on any atom is 0.174 e. The molecule has 2 aromatic rings. The van der Waals surface area contributed by atoms with Crippen LogP contribution in [0.25, 0.3) is 6.08 Å². The van der Waals surface area contributed by atoms with Crippen LogP contribution in [0.5, 0.6) is 0 Å². The largest absolute Gasteiger partial charge is 0.239 e. The SMILES string of the molecule is N#CC1CC(=Cc2nc3n(n2)[C@H](c2ccccc2)C[C@@H]3F)C1. The van der Waals surface area contributed by atoms with Crippen LogP contribution in [0.3, 0.4) is 0 Å². The Balaban J connectivity index is 1.63. The molecule has 0 bridgehead atoms. The van der Waals surface area contributed by atoms with Crippen LogP contribution in [0.15, 0.2) is 35.9 Å². The van der Waals surface area contributed by atoms with E-state index in [-0.39, 0.29) is 12.0 Å². The summed E-state index contributed by atoms with van der Waals surface area (Å²) in [5, 5.41) is 13.3. The molecule has 4 rings (SSSR count). The highest BCUT2D eigenvalue weighted by molar-refractivity contribution is 5.48. The van der Waals surface area contributed by atoms with Crippen LogP contribution < -0.4 is 0 Å². The van der Waals surface area contributed by atoms with Crippen LogP contribution in [0.2, 0.25) is 0 Å². The maximum atomic E-state index is 14.2. The van der Waals surface area contributed by atoms with Crippen LogP contribution >= 0.6 is 0 Å². The molecule has 2 atom stereocenters. The van der Waals surface area contributed by atoms with Crippen molar-refractivity contribution in [3.05, 3.63) is 53.1 Å². The number of rotatable bonds is 2. The number of allylic oxidation sites excluding steroid dienone is 1. The fourth-order valence-corrected chi connectivity index (χ4v) is 3.18. The monoisotopic (exact) mass is 294 g/mol. The fourth-order valence-electron chi connectivity index (χ4n) is 3.18. The third-order valence-corrected chi connectivity index (χ3v) is 4.40. The summed E-state index contributed by atoms with van der Waals surface area (Å²) in [5.41, 5.74) is 2.23. The fraction of sp³-hybridized carbons (Fsp3) is 0.353. The molecule has 1 fully saturated rings. The molecule has 110 valence electrons. The van der Waals surface area contributed by atoms with Crippen molar-refractivity contribution < 1.29 is 4.39 Å². The van der Waals surface area contributed by atoms with Gasteiger partial charge in [0.05, 0.1) is 18.0 Å². The molecule has 2 heterocycles. The second-order valence-corrected chi connectivity index (χ2v) is 5.94. The standard InChI is InChI=1S/C17H15FN4/c18-14-9-15(13-4-2-1-3-5-13)22-17(14)20-16(21-22)8-11-6-12(7-11)10-19/h1-5,8,12,14-15H,6-7,9H2/t12?,14-,15-/m0/s1. The lowest BCUT2D eigenvalue weighted by molar-refractivity contribution is 0.328. The molecule has 4 nitrogen and oxygen atoms in total. The predicted molar refractivity (Wildman–Crippen MR) is 79.4 cm³/mol. The molecule has 1 aliphatic carbocycles. The van der Waals surface area contributed by atoms with E-state index in [4.69, 9.17) is 5.26 Å². The van der Waals surface area contributed by atoms with Gasteiger partial charge in [0, 0.05) is 6.42 Å². The highest BCUT2D eigenvalue weighted by atomic mass is 19.1. The van der Waals surface area contributed by atoms with E-state index in [2.05, 4.69) is 16.2 Å². The van der Waals surface area contributed by atoms with E-state index >= 15 is 0 Å². The minimum Gasteiger partial charge on any atom is -0.239 e. The zero-order valence-electron chi connectivity index (χ0n) is 12.0. The normalized spacial score (nSPS) is 26.2. The van der Waals surface area contributed by atoms with Crippen molar-refractivity contribution in [2.24, 2.45) is 5.92 Å². The molecule has 0 spiro atoms. The van der Waals surface area contributed by atoms with Crippen LogP contribution in [-0.2, 0) is 0 Å². The molecular weight excluding hydrogens is 279 g/mol. The Morgan fingerprint density at radius 1 is 1.27 bits per heavy atom. The van der Waals surface area contributed by atoms with Crippen LogP contribution in [0, 0.1) is 17.2 Å². The van der Waals surface area contributed by atoms with Crippen molar-refractivity contribution in [2.45, 2.75) is 31.5 Å². The summed E-state index contributed by atoms with van der Waals surface area (Å²) in [6, 6.07) is 12.0. The number of hydrogen-bond acceptors (Lipinski definition) is 3. The molecule has 0 saturated heterocycles. The maximum absolute atomic E-state index is 14.2. The molecular formula is C17H15FN4. The molecule has 0 N–H and O–H groups in total.